The monoisotopic (exact) mass is 496 g/mol. The Morgan fingerprint density at radius 2 is 1.83 bits per heavy atom. The highest BCUT2D eigenvalue weighted by Gasteiger charge is 2.28. The number of thiophene rings is 1. The van der Waals surface area contributed by atoms with Crippen LogP contribution in [0.5, 0.6) is 23.0 Å². The van der Waals surface area contributed by atoms with Crippen LogP contribution < -0.4 is 29.6 Å². The first kappa shape index (κ1) is 24.7. The lowest BCUT2D eigenvalue weighted by molar-refractivity contribution is 0.102. The number of carbonyl (C=O) groups is 1. The fourth-order valence-electron chi connectivity index (χ4n) is 4.47. The summed E-state index contributed by atoms with van der Waals surface area (Å²) >= 11 is 1.67. The lowest BCUT2D eigenvalue weighted by Gasteiger charge is -2.19. The molecule has 35 heavy (non-hydrogen) atoms. The first-order chi connectivity index (χ1) is 17.0. The summed E-state index contributed by atoms with van der Waals surface area (Å²) in [6.07, 6.45) is 2.94. The SMILES string of the molecule is COc1ccc(NC(=O)c2c(NCc3cccc(OC)c3OC)sc3c2CC[C@H](C)C3)c(OC)c1. The molecule has 1 atom stereocenters. The van der Waals surface area contributed by atoms with Gasteiger partial charge in [0.15, 0.2) is 11.5 Å². The van der Waals surface area contributed by atoms with E-state index in [4.69, 9.17) is 18.9 Å². The maximum absolute atomic E-state index is 13.6. The molecule has 1 aliphatic carbocycles. The predicted molar refractivity (Wildman–Crippen MR) is 140 cm³/mol. The number of anilines is 2. The third kappa shape index (κ3) is 5.17. The Bertz CT molecular complexity index is 1210. The minimum Gasteiger partial charge on any atom is -0.497 e. The Kier molecular flexibility index (Phi) is 7.70. The molecule has 7 nitrogen and oxygen atoms in total. The van der Waals surface area contributed by atoms with Crippen molar-refractivity contribution in [1.82, 2.24) is 0 Å². The van der Waals surface area contributed by atoms with Crippen molar-refractivity contribution in [3.63, 3.8) is 0 Å². The van der Waals surface area contributed by atoms with E-state index in [1.165, 1.54) is 4.88 Å². The Hall–Kier alpha value is -3.39. The molecule has 2 N–H and O–H groups in total. The molecular weight excluding hydrogens is 464 g/mol. The maximum Gasteiger partial charge on any atom is 0.259 e. The van der Waals surface area contributed by atoms with E-state index < -0.39 is 0 Å². The summed E-state index contributed by atoms with van der Waals surface area (Å²) in [5.74, 6) is 3.02. The molecule has 0 fully saturated rings. The van der Waals surface area contributed by atoms with E-state index in [9.17, 15) is 4.79 Å². The fraction of sp³-hybridized carbons (Fsp3) is 0.370. The molecule has 0 bridgehead atoms. The first-order valence-corrected chi connectivity index (χ1v) is 12.4. The number of amides is 1. The van der Waals surface area contributed by atoms with Gasteiger partial charge in [0.25, 0.3) is 5.91 Å². The molecule has 8 heteroatoms. The summed E-state index contributed by atoms with van der Waals surface area (Å²) in [5.41, 5.74) is 3.40. The number of nitrogens with one attached hydrogen (secondary N) is 2. The molecule has 1 amide bonds. The Morgan fingerprint density at radius 3 is 2.54 bits per heavy atom. The van der Waals surface area contributed by atoms with Crippen molar-refractivity contribution in [2.45, 2.75) is 32.7 Å². The van der Waals surface area contributed by atoms with E-state index in [0.29, 0.717) is 46.7 Å². The Morgan fingerprint density at radius 1 is 1.03 bits per heavy atom. The second kappa shape index (κ2) is 10.9. The third-order valence-corrected chi connectivity index (χ3v) is 7.53. The third-order valence-electron chi connectivity index (χ3n) is 6.32. The molecule has 4 rings (SSSR count). The van der Waals surface area contributed by atoms with Crippen LogP contribution in [0, 0.1) is 5.92 Å². The summed E-state index contributed by atoms with van der Waals surface area (Å²) in [7, 11) is 6.43. The summed E-state index contributed by atoms with van der Waals surface area (Å²) in [5, 5.41) is 7.43. The molecule has 0 saturated heterocycles. The van der Waals surface area contributed by atoms with Crippen molar-refractivity contribution in [3.8, 4) is 23.0 Å². The highest BCUT2D eigenvalue weighted by atomic mass is 32.1. The smallest absolute Gasteiger partial charge is 0.259 e. The molecule has 0 spiro atoms. The van der Waals surface area contributed by atoms with Crippen molar-refractivity contribution in [1.29, 1.82) is 0 Å². The second-order valence-corrected chi connectivity index (χ2v) is 9.69. The van der Waals surface area contributed by atoms with Gasteiger partial charge in [0.2, 0.25) is 0 Å². The minimum atomic E-state index is -0.152. The van der Waals surface area contributed by atoms with Gasteiger partial charge in [-0.25, -0.2) is 0 Å². The van der Waals surface area contributed by atoms with E-state index in [1.807, 2.05) is 18.2 Å². The zero-order valence-corrected chi connectivity index (χ0v) is 21.6. The topological polar surface area (TPSA) is 78.1 Å². The van der Waals surface area contributed by atoms with Crippen LogP contribution in [0.25, 0.3) is 0 Å². The van der Waals surface area contributed by atoms with E-state index in [1.54, 1.807) is 58.0 Å². The molecule has 0 radical (unpaired) electrons. The number of hydrogen-bond donors (Lipinski definition) is 2. The zero-order chi connectivity index (χ0) is 24.9. The summed E-state index contributed by atoms with van der Waals surface area (Å²) in [4.78, 5) is 14.9. The lowest BCUT2D eigenvalue weighted by Crippen LogP contribution is -2.18. The van der Waals surface area contributed by atoms with Crippen LogP contribution in [0.2, 0.25) is 0 Å². The van der Waals surface area contributed by atoms with Crippen molar-refractivity contribution in [2.24, 2.45) is 5.92 Å². The van der Waals surface area contributed by atoms with Crippen molar-refractivity contribution in [2.75, 3.05) is 39.1 Å². The Labute approximate surface area is 210 Å². The van der Waals surface area contributed by atoms with E-state index in [2.05, 4.69) is 17.6 Å². The van der Waals surface area contributed by atoms with Gasteiger partial charge in [-0.15, -0.1) is 11.3 Å². The van der Waals surface area contributed by atoms with Crippen molar-refractivity contribution < 1.29 is 23.7 Å². The van der Waals surface area contributed by atoms with Gasteiger partial charge in [0.05, 0.1) is 39.7 Å². The fourth-order valence-corrected chi connectivity index (χ4v) is 5.87. The number of rotatable bonds is 9. The average Bonchev–Trinajstić information content (AvgIpc) is 3.24. The van der Waals surface area contributed by atoms with Gasteiger partial charge >= 0.3 is 0 Å². The van der Waals surface area contributed by atoms with Crippen molar-refractivity contribution in [3.05, 3.63) is 58.0 Å². The van der Waals surface area contributed by atoms with Crippen LogP contribution in [0.15, 0.2) is 36.4 Å². The first-order valence-electron chi connectivity index (χ1n) is 11.6. The van der Waals surface area contributed by atoms with E-state index in [-0.39, 0.29) is 5.91 Å². The van der Waals surface area contributed by atoms with Gasteiger partial charge in [-0.3, -0.25) is 4.79 Å². The Balaban J connectivity index is 1.65. The molecule has 0 aliphatic heterocycles. The van der Waals surface area contributed by atoms with E-state index >= 15 is 0 Å². The van der Waals surface area contributed by atoms with Crippen LogP contribution in [-0.4, -0.2) is 34.3 Å². The van der Waals surface area contributed by atoms with Crippen LogP contribution in [-0.2, 0) is 19.4 Å². The molecule has 1 heterocycles. The van der Waals surface area contributed by atoms with Crippen LogP contribution in [0.1, 0.15) is 39.7 Å². The molecule has 3 aromatic rings. The van der Waals surface area contributed by atoms with Crippen LogP contribution in [0.4, 0.5) is 10.7 Å². The number of hydrogen-bond acceptors (Lipinski definition) is 7. The molecule has 1 aromatic heterocycles. The minimum absolute atomic E-state index is 0.152. The largest absolute Gasteiger partial charge is 0.497 e. The quantitative estimate of drug-likeness (QED) is 0.392. The average molecular weight is 497 g/mol. The highest BCUT2D eigenvalue weighted by molar-refractivity contribution is 7.16. The summed E-state index contributed by atoms with van der Waals surface area (Å²) in [6.45, 7) is 2.76. The molecule has 2 aromatic carbocycles. The molecule has 0 unspecified atom stereocenters. The van der Waals surface area contributed by atoms with Gasteiger partial charge in [-0.05, 0) is 48.9 Å². The van der Waals surface area contributed by atoms with Gasteiger partial charge in [-0.2, -0.15) is 0 Å². The van der Waals surface area contributed by atoms with Crippen LogP contribution >= 0.6 is 11.3 Å². The number of carbonyl (C=O) groups excluding carboxylic acids is 1. The summed E-state index contributed by atoms with van der Waals surface area (Å²) in [6, 6.07) is 11.2. The maximum atomic E-state index is 13.6. The molecule has 0 saturated carbocycles. The normalized spacial score (nSPS) is 14.6. The highest BCUT2D eigenvalue weighted by Crippen LogP contribution is 2.41. The second-order valence-electron chi connectivity index (χ2n) is 8.58. The number of para-hydroxylation sites is 1. The number of fused-ring (bicyclic) bond motifs is 1. The molecule has 1 aliphatic rings. The van der Waals surface area contributed by atoms with Gasteiger partial charge in [0, 0.05) is 23.1 Å². The van der Waals surface area contributed by atoms with Gasteiger partial charge in [0.1, 0.15) is 16.5 Å². The number of methoxy groups -OCH3 is 4. The predicted octanol–water partition coefficient (Wildman–Crippen LogP) is 5.77. The van der Waals surface area contributed by atoms with Crippen LogP contribution in [0.3, 0.4) is 0 Å². The standard InChI is InChI=1S/C27H32N2O5S/c1-16-9-11-19-23(13-16)35-27(28-15-17-7-6-8-21(32-3)25(17)34-5)24(19)26(30)29-20-12-10-18(31-2)14-22(20)33-4/h6-8,10,12,14,16,28H,9,11,13,15H2,1-5H3,(H,29,30)/t16-/m0/s1. The van der Waals surface area contributed by atoms with Gasteiger partial charge in [-0.1, -0.05) is 19.1 Å². The molecule has 186 valence electrons. The molecular formula is C27H32N2O5S. The number of benzene rings is 2. The van der Waals surface area contributed by atoms with Crippen molar-refractivity contribution >= 4 is 27.9 Å². The lowest BCUT2D eigenvalue weighted by atomic mass is 9.88. The van der Waals surface area contributed by atoms with E-state index in [0.717, 1.165) is 35.4 Å². The zero-order valence-electron chi connectivity index (χ0n) is 20.8. The summed E-state index contributed by atoms with van der Waals surface area (Å²) < 4.78 is 21.8. The van der Waals surface area contributed by atoms with Gasteiger partial charge < -0.3 is 29.6 Å². The number of ether oxygens (including phenoxy) is 4.